The fraction of sp³-hybridized carbons (Fsp3) is 0.233. The quantitative estimate of drug-likeness (QED) is 0.218. The maximum absolute atomic E-state index is 13.6. The number of rotatable bonds is 7. The van der Waals surface area contributed by atoms with Gasteiger partial charge < -0.3 is 26.8 Å². The van der Waals surface area contributed by atoms with Gasteiger partial charge in [0, 0.05) is 24.7 Å². The molecule has 2 aromatic heterocycles. The molecule has 1 atom stereocenters. The first-order chi connectivity index (χ1) is 20.6. The van der Waals surface area contributed by atoms with Crippen molar-refractivity contribution in [2.45, 2.75) is 45.2 Å². The molecule has 43 heavy (non-hydrogen) atoms. The number of nitrogens with two attached hydrogens (primary N) is 1. The van der Waals surface area contributed by atoms with Crippen LogP contribution in [0.2, 0.25) is 0 Å². The number of carboxylic acids is 1. The van der Waals surface area contributed by atoms with Crippen molar-refractivity contribution in [2.24, 2.45) is 5.73 Å². The van der Waals surface area contributed by atoms with Gasteiger partial charge in [0.15, 0.2) is 5.65 Å². The topological polar surface area (TPSA) is 198 Å². The summed E-state index contributed by atoms with van der Waals surface area (Å²) in [4.78, 5) is 66.5. The maximum atomic E-state index is 13.6. The predicted molar refractivity (Wildman–Crippen MR) is 153 cm³/mol. The number of anilines is 1. The van der Waals surface area contributed by atoms with Gasteiger partial charge in [-0.1, -0.05) is 18.2 Å². The molecule has 4 aromatic rings. The number of aromatic carboxylic acids is 1. The zero-order valence-corrected chi connectivity index (χ0v) is 23.1. The summed E-state index contributed by atoms with van der Waals surface area (Å²) in [6.07, 6.45) is 3.40. The van der Waals surface area contributed by atoms with Crippen LogP contribution in [0.3, 0.4) is 0 Å². The highest BCUT2D eigenvalue weighted by atomic mass is 16.4. The number of hydrogen-bond donors (Lipinski definition) is 5. The number of carboxylic acid groups (broad SMARTS) is 1. The second kappa shape index (κ2) is 10.7. The molecule has 0 saturated carbocycles. The number of aromatic nitrogens is 3. The summed E-state index contributed by atoms with van der Waals surface area (Å²) < 4.78 is 1.16. The van der Waals surface area contributed by atoms with Gasteiger partial charge in [-0.15, -0.1) is 0 Å². The Bertz CT molecular complexity index is 1880. The van der Waals surface area contributed by atoms with E-state index in [4.69, 9.17) is 5.73 Å². The van der Waals surface area contributed by atoms with Crippen molar-refractivity contribution in [3.8, 4) is 0 Å². The summed E-state index contributed by atoms with van der Waals surface area (Å²) in [6.45, 7) is 1.87. The standard InChI is InChI=1S/C30H27N7O6/c1-14-17-7-8-21(19(17)6-5-18(14)30(42)43)36-29(41)24-11-23(35-27-20(26(31)39)13-33-37(24)27)28(40)32-12-15-2-3-16-4-9-25(38)34-22(16)10-15/h2-3,5-6,10-11,13,21H,4,7-9,12H2,1H3,(H2,31,39)(H,32,40)(H,34,38)(H,36,41)(H,42,43)/t21-/m0/s1. The van der Waals surface area contributed by atoms with Crippen molar-refractivity contribution in [1.82, 2.24) is 25.2 Å². The van der Waals surface area contributed by atoms with Gasteiger partial charge in [0.05, 0.1) is 17.8 Å². The van der Waals surface area contributed by atoms with E-state index in [-0.39, 0.29) is 40.6 Å². The summed E-state index contributed by atoms with van der Waals surface area (Å²) >= 11 is 0. The van der Waals surface area contributed by atoms with Crippen molar-refractivity contribution in [3.63, 3.8) is 0 Å². The summed E-state index contributed by atoms with van der Waals surface area (Å²) in [7, 11) is 0. The molecule has 13 nitrogen and oxygen atoms in total. The lowest BCUT2D eigenvalue weighted by molar-refractivity contribution is -0.116. The number of amides is 4. The maximum Gasteiger partial charge on any atom is 0.335 e. The summed E-state index contributed by atoms with van der Waals surface area (Å²) in [5, 5.41) is 22.2. The van der Waals surface area contributed by atoms with Crippen LogP contribution in [0, 0.1) is 6.92 Å². The first-order valence-corrected chi connectivity index (χ1v) is 13.7. The lowest BCUT2D eigenvalue weighted by Gasteiger charge is -2.18. The lowest BCUT2D eigenvalue weighted by Crippen LogP contribution is -2.31. The van der Waals surface area contributed by atoms with Crippen LogP contribution in [-0.2, 0) is 24.2 Å². The van der Waals surface area contributed by atoms with E-state index in [9.17, 15) is 29.1 Å². The van der Waals surface area contributed by atoms with E-state index >= 15 is 0 Å². The first kappa shape index (κ1) is 27.6. The Hall–Kier alpha value is -5.59. The molecule has 0 radical (unpaired) electrons. The molecule has 1 aliphatic heterocycles. The van der Waals surface area contributed by atoms with Gasteiger partial charge in [-0.2, -0.15) is 5.10 Å². The van der Waals surface area contributed by atoms with Crippen molar-refractivity contribution >= 4 is 40.9 Å². The third kappa shape index (κ3) is 5.05. The number of hydrogen-bond acceptors (Lipinski definition) is 7. The van der Waals surface area contributed by atoms with E-state index in [0.717, 1.165) is 26.8 Å². The Morgan fingerprint density at radius 2 is 1.88 bits per heavy atom. The molecule has 3 heterocycles. The molecule has 6 N–H and O–H groups in total. The van der Waals surface area contributed by atoms with Gasteiger partial charge in [0.1, 0.15) is 17.0 Å². The third-order valence-electron chi connectivity index (χ3n) is 7.95. The Morgan fingerprint density at radius 1 is 1.07 bits per heavy atom. The second-order valence-electron chi connectivity index (χ2n) is 10.6. The number of carbonyl (C=O) groups excluding carboxylic acids is 4. The lowest BCUT2D eigenvalue weighted by atomic mass is 9.98. The molecular weight excluding hydrogens is 554 g/mol. The van der Waals surface area contributed by atoms with Crippen LogP contribution in [0.25, 0.3) is 5.65 Å². The van der Waals surface area contributed by atoms with Crippen molar-refractivity contribution < 1.29 is 29.1 Å². The molecule has 2 aliphatic rings. The number of fused-ring (bicyclic) bond motifs is 3. The highest BCUT2D eigenvalue weighted by Gasteiger charge is 2.29. The minimum Gasteiger partial charge on any atom is -0.478 e. The average Bonchev–Trinajstić information content (AvgIpc) is 3.60. The monoisotopic (exact) mass is 581 g/mol. The molecule has 0 fully saturated rings. The largest absolute Gasteiger partial charge is 0.478 e. The van der Waals surface area contributed by atoms with Crippen molar-refractivity contribution in [1.29, 1.82) is 0 Å². The zero-order valence-electron chi connectivity index (χ0n) is 23.1. The van der Waals surface area contributed by atoms with E-state index in [1.165, 1.54) is 18.3 Å². The van der Waals surface area contributed by atoms with E-state index in [1.54, 1.807) is 19.1 Å². The van der Waals surface area contributed by atoms with Crippen LogP contribution in [0.15, 0.2) is 42.6 Å². The Morgan fingerprint density at radius 3 is 2.65 bits per heavy atom. The van der Waals surface area contributed by atoms with Crippen LogP contribution >= 0.6 is 0 Å². The van der Waals surface area contributed by atoms with Gasteiger partial charge in [0.2, 0.25) is 5.91 Å². The molecule has 4 amide bonds. The van der Waals surface area contributed by atoms with E-state index in [2.05, 4.69) is 26.0 Å². The van der Waals surface area contributed by atoms with Crippen LogP contribution in [0.5, 0.6) is 0 Å². The molecule has 2 aromatic carbocycles. The summed E-state index contributed by atoms with van der Waals surface area (Å²) in [5.41, 5.74) is 10.3. The smallest absolute Gasteiger partial charge is 0.335 e. The van der Waals surface area contributed by atoms with Crippen LogP contribution in [0.4, 0.5) is 5.69 Å². The second-order valence-corrected chi connectivity index (χ2v) is 10.6. The highest BCUT2D eigenvalue weighted by Crippen LogP contribution is 2.35. The number of primary amides is 1. The summed E-state index contributed by atoms with van der Waals surface area (Å²) in [5.74, 6) is -3.07. The number of aryl methyl sites for hydroxylation is 1. The SMILES string of the molecule is Cc1c(C(=O)O)ccc2c1CC[C@@H]2NC(=O)c1cc(C(=O)NCc2ccc3c(c2)NC(=O)CC3)nc2c(C(N)=O)cnn12. The van der Waals surface area contributed by atoms with Crippen molar-refractivity contribution in [3.05, 3.63) is 92.9 Å². The molecular formula is C30H27N7O6. The zero-order chi connectivity index (χ0) is 30.4. The average molecular weight is 582 g/mol. The van der Waals surface area contributed by atoms with Gasteiger partial charge in [0.25, 0.3) is 17.7 Å². The molecule has 0 bridgehead atoms. The van der Waals surface area contributed by atoms with Gasteiger partial charge >= 0.3 is 5.97 Å². The van der Waals surface area contributed by atoms with E-state index in [1.807, 2.05) is 12.1 Å². The number of carbonyl (C=O) groups is 5. The minimum absolute atomic E-state index is 0.0357. The van der Waals surface area contributed by atoms with Crippen LogP contribution < -0.4 is 21.7 Å². The Labute approximate surface area is 244 Å². The van der Waals surface area contributed by atoms with Gasteiger partial charge in [-0.25, -0.2) is 14.3 Å². The third-order valence-corrected chi connectivity index (χ3v) is 7.95. The van der Waals surface area contributed by atoms with E-state index < -0.39 is 29.7 Å². The highest BCUT2D eigenvalue weighted by molar-refractivity contribution is 6.02. The minimum atomic E-state index is -1.01. The molecule has 1 aliphatic carbocycles. The molecule has 0 spiro atoms. The normalized spacial score (nSPS) is 15.4. The first-order valence-electron chi connectivity index (χ1n) is 13.7. The number of benzene rings is 2. The molecule has 6 rings (SSSR count). The fourth-order valence-electron chi connectivity index (χ4n) is 5.71. The Balaban J connectivity index is 1.27. The molecule has 0 saturated heterocycles. The fourth-order valence-corrected chi connectivity index (χ4v) is 5.71. The molecule has 13 heteroatoms. The van der Waals surface area contributed by atoms with Crippen molar-refractivity contribution in [2.75, 3.05) is 5.32 Å². The van der Waals surface area contributed by atoms with E-state index in [0.29, 0.717) is 36.9 Å². The van der Waals surface area contributed by atoms with Crippen LogP contribution in [0.1, 0.15) is 88.4 Å². The molecule has 218 valence electrons. The molecule has 0 unspecified atom stereocenters. The van der Waals surface area contributed by atoms with Gasteiger partial charge in [-0.3, -0.25) is 19.2 Å². The Kier molecular flexibility index (Phi) is 6.84. The number of nitrogens with one attached hydrogen (secondary N) is 3. The predicted octanol–water partition coefficient (Wildman–Crippen LogP) is 2.07. The summed E-state index contributed by atoms with van der Waals surface area (Å²) in [6, 6.07) is 9.67. The van der Waals surface area contributed by atoms with Crippen LogP contribution in [-0.4, -0.2) is 49.3 Å². The van der Waals surface area contributed by atoms with Gasteiger partial charge in [-0.05, 0) is 66.1 Å². The number of nitrogens with zero attached hydrogens (tertiary/aromatic N) is 3.